The van der Waals surface area contributed by atoms with Gasteiger partial charge in [0, 0.05) is 12.6 Å². The highest BCUT2D eigenvalue weighted by molar-refractivity contribution is 4.91. The minimum Gasteiger partial charge on any atom is -0.306 e. The van der Waals surface area contributed by atoms with E-state index in [4.69, 9.17) is 0 Å². The monoisotopic (exact) mass is 210 g/mol. The Morgan fingerprint density at radius 2 is 1.67 bits per heavy atom. The molecule has 0 bridgehead atoms. The molecule has 2 aliphatic heterocycles. The van der Waals surface area contributed by atoms with Gasteiger partial charge < -0.3 is 9.80 Å². The van der Waals surface area contributed by atoms with Crippen LogP contribution in [0.4, 0.5) is 0 Å². The lowest BCUT2D eigenvalue weighted by Gasteiger charge is -2.48. The van der Waals surface area contributed by atoms with Crippen LogP contribution in [0.3, 0.4) is 0 Å². The summed E-state index contributed by atoms with van der Waals surface area (Å²) in [6.45, 7) is 9.99. The van der Waals surface area contributed by atoms with Crippen LogP contribution < -0.4 is 0 Å². The van der Waals surface area contributed by atoms with Crippen molar-refractivity contribution in [3.8, 4) is 0 Å². The third-order valence-electron chi connectivity index (χ3n) is 4.47. The van der Waals surface area contributed by atoms with Crippen LogP contribution in [0.1, 0.15) is 39.5 Å². The minimum absolute atomic E-state index is 0.676. The lowest BCUT2D eigenvalue weighted by atomic mass is 9.72. The predicted molar refractivity (Wildman–Crippen MR) is 65.1 cm³/mol. The van der Waals surface area contributed by atoms with Crippen molar-refractivity contribution in [3.05, 3.63) is 0 Å². The van der Waals surface area contributed by atoms with Crippen molar-refractivity contribution in [1.29, 1.82) is 0 Å². The Kier molecular flexibility index (Phi) is 3.36. The van der Waals surface area contributed by atoms with Crippen LogP contribution in [0.5, 0.6) is 0 Å². The average molecular weight is 210 g/mol. The van der Waals surface area contributed by atoms with Crippen LogP contribution in [0.2, 0.25) is 0 Å². The smallest absolute Gasteiger partial charge is 0.00416 e. The highest BCUT2D eigenvalue weighted by atomic mass is 15.2. The Bertz CT molecular complexity index is 205. The lowest BCUT2D eigenvalue weighted by Crippen LogP contribution is -2.50. The summed E-state index contributed by atoms with van der Waals surface area (Å²) in [4.78, 5) is 5.17. The van der Waals surface area contributed by atoms with Crippen LogP contribution in [-0.2, 0) is 0 Å². The fourth-order valence-electron chi connectivity index (χ4n) is 3.19. The Labute approximate surface area is 94.6 Å². The molecule has 0 aliphatic carbocycles. The highest BCUT2D eigenvalue weighted by Gasteiger charge is 2.37. The molecule has 0 radical (unpaired) electrons. The number of piperidine rings is 2. The molecule has 0 N–H and O–H groups in total. The van der Waals surface area contributed by atoms with E-state index in [1.165, 1.54) is 51.9 Å². The standard InChI is InChI=1S/C13H26N2/c1-12(2)15-8-4-5-13(11-15)6-9-14(3)10-7-13/h12H,4-11H2,1-3H3. The molecule has 15 heavy (non-hydrogen) atoms. The molecule has 1 spiro atoms. The van der Waals surface area contributed by atoms with E-state index in [1.54, 1.807) is 0 Å². The Balaban J connectivity index is 1.96. The molecule has 2 fully saturated rings. The topological polar surface area (TPSA) is 6.48 Å². The van der Waals surface area contributed by atoms with Crippen LogP contribution in [0.25, 0.3) is 0 Å². The minimum atomic E-state index is 0.676. The van der Waals surface area contributed by atoms with Crippen LogP contribution in [0, 0.1) is 5.41 Å². The first-order chi connectivity index (χ1) is 7.11. The van der Waals surface area contributed by atoms with Gasteiger partial charge in [0.05, 0.1) is 0 Å². The van der Waals surface area contributed by atoms with Crippen molar-refractivity contribution >= 4 is 0 Å². The molecule has 0 atom stereocenters. The fraction of sp³-hybridized carbons (Fsp3) is 1.00. The summed E-state index contributed by atoms with van der Waals surface area (Å²) in [5.74, 6) is 0. The molecule has 0 aromatic carbocycles. The second-order valence-electron chi connectivity index (χ2n) is 5.97. The average Bonchev–Trinajstić information content (AvgIpc) is 2.23. The molecule has 0 aromatic heterocycles. The van der Waals surface area contributed by atoms with Gasteiger partial charge >= 0.3 is 0 Å². The summed E-state index contributed by atoms with van der Waals surface area (Å²) < 4.78 is 0. The highest BCUT2D eigenvalue weighted by Crippen LogP contribution is 2.39. The van der Waals surface area contributed by atoms with Crippen molar-refractivity contribution in [1.82, 2.24) is 9.80 Å². The third kappa shape index (κ3) is 2.54. The maximum atomic E-state index is 2.69. The molecule has 2 heterocycles. The quantitative estimate of drug-likeness (QED) is 0.655. The van der Waals surface area contributed by atoms with Gasteiger partial charge in [-0.3, -0.25) is 0 Å². The molecule has 0 unspecified atom stereocenters. The van der Waals surface area contributed by atoms with Gasteiger partial charge in [-0.1, -0.05) is 0 Å². The first-order valence-corrected chi connectivity index (χ1v) is 6.54. The molecule has 2 saturated heterocycles. The molecule has 2 rings (SSSR count). The van der Waals surface area contributed by atoms with E-state index in [1.807, 2.05) is 0 Å². The normalized spacial score (nSPS) is 28.8. The lowest BCUT2D eigenvalue weighted by molar-refractivity contribution is 0.0178. The first kappa shape index (κ1) is 11.4. The van der Waals surface area contributed by atoms with Crippen molar-refractivity contribution in [2.24, 2.45) is 5.41 Å². The van der Waals surface area contributed by atoms with Crippen LogP contribution >= 0.6 is 0 Å². The molecular formula is C13H26N2. The van der Waals surface area contributed by atoms with E-state index in [9.17, 15) is 0 Å². The molecule has 88 valence electrons. The molecule has 2 nitrogen and oxygen atoms in total. The van der Waals surface area contributed by atoms with Gasteiger partial charge in [-0.2, -0.15) is 0 Å². The summed E-state index contributed by atoms with van der Waals surface area (Å²) in [7, 11) is 2.26. The maximum Gasteiger partial charge on any atom is 0.00416 e. The third-order valence-corrected chi connectivity index (χ3v) is 4.47. The van der Waals surface area contributed by atoms with Gasteiger partial charge in [0.2, 0.25) is 0 Å². The van der Waals surface area contributed by atoms with E-state index >= 15 is 0 Å². The maximum absolute atomic E-state index is 2.69. The molecule has 0 aromatic rings. The Morgan fingerprint density at radius 3 is 2.27 bits per heavy atom. The van der Waals surface area contributed by atoms with Crippen molar-refractivity contribution in [2.45, 2.75) is 45.6 Å². The predicted octanol–water partition coefficient (Wildman–Crippen LogP) is 2.20. The SMILES string of the molecule is CC(C)N1CCCC2(CCN(C)CC2)C1. The molecular weight excluding hydrogens is 184 g/mol. The largest absolute Gasteiger partial charge is 0.306 e. The van der Waals surface area contributed by atoms with E-state index < -0.39 is 0 Å². The van der Waals surface area contributed by atoms with Gasteiger partial charge in [-0.25, -0.2) is 0 Å². The number of rotatable bonds is 1. The molecule has 0 saturated carbocycles. The van der Waals surface area contributed by atoms with E-state index in [0.29, 0.717) is 5.41 Å². The van der Waals surface area contributed by atoms with Crippen molar-refractivity contribution < 1.29 is 0 Å². The van der Waals surface area contributed by atoms with E-state index in [-0.39, 0.29) is 0 Å². The summed E-state index contributed by atoms with van der Waals surface area (Å²) in [6.07, 6.45) is 5.74. The zero-order valence-corrected chi connectivity index (χ0v) is 10.6. The van der Waals surface area contributed by atoms with Crippen LogP contribution in [-0.4, -0.2) is 49.1 Å². The number of nitrogens with zero attached hydrogens (tertiary/aromatic N) is 2. The van der Waals surface area contributed by atoms with Crippen molar-refractivity contribution in [3.63, 3.8) is 0 Å². The van der Waals surface area contributed by atoms with Gasteiger partial charge in [-0.05, 0) is 71.6 Å². The number of hydrogen-bond donors (Lipinski definition) is 0. The zero-order valence-electron chi connectivity index (χ0n) is 10.6. The summed E-state index contributed by atoms with van der Waals surface area (Å²) >= 11 is 0. The molecule has 2 heteroatoms. The second kappa shape index (κ2) is 4.42. The van der Waals surface area contributed by atoms with Gasteiger partial charge in [-0.15, -0.1) is 0 Å². The van der Waals surface area contributed by atoms with Crippen molar-refractivity contribution in [2.75, 3.05) is 33.2 Å². The zero-order chi connectivity index (χ0) is 10.9. The van der Waals surface area contributed by atoms with Gasteiger partial charge in [0.1, 0.15) is 0 Å². The summed E-state index contributed by atoms with van der Waals surface area (Å²) in [5.41, 5.74) is 0.676. The van der Waals surface area contributed by atoms with Crippen LogP contribution in [0.15, 0.2) is 0 Å². The van der Waals surface area contributed by atoms with Gasteiger partial charge in [0.25, 0.3) is 0 Å². The second-order valence-corrected chi connectivity index (χ2v) is 5.97. The fourth-order valence-corrected chi connectivity index (χ4v) is 3.19. The number of hydrogen-bond acceptors (Lipinski definition) is 2. The van der Waals surface area contributed by atoms with E-state index in [2.05, 4.69) is 30.7 Å². The summed E-state index contributed by atoms with van der Waals surface area (Å²) in [5, 5.41) is 0. The number of likely N-dealkylation sites (tertiary alicyclic amines) is 2. The molecule has 2 aliphatic rings. The Morgan fingerprint density at radius 1 is 1.00 bits per heavy atom. The summed E-state index contributed by atoms with van der Waals surface area (Å²) in [6, 6.07) is 0.738. The first-order valence-electron chi connectivity index (χ1n) is 6.54. The Hall–Kier alpha value is -0.0800. The molecule has 0 amide bonds. The van der Waals surface area contributed by atoms with Gasteiger partial charge in [0.15, 0.2) is 0 Å². The van der Waals surface area contributed by atoms with E-state index in [0.717, 1.165) is 6.04 Å².